The highest BCUT2D eigenvalue weighted by Gasteiger charge is 2.04. The van der Waals surface area contributed by atoms with Gasteiger partial charge in [-0.05, 0) is 23.2 Å². The molecule has 1 aromatic heterocycles. The minimum Gasteiger partial charge on any atom is -0.772 e. The van der Waals surface area contributed by atoms with Crippen molar-refractivity contribution in [3.8, 4) is 0 Å². The molecule has 0 spiro atoms. The van der Waals surface area contributed by atoms with Crippen LogP contribution in [0.25, 0.3) is 0 Å². The third-order valence-electron chi connectivity index (χ3n) is 1.16. The first-order valence-electron chi connectivity index (χ1n) is 3.04. The summed E-state index contributed by atoms with van der Waals surface area (Å²) < 4.78 is 20.5. The van der Waals surface area contributed by atoms with E-state index in [1.54, 1.807) is 6.07 Å². The van der Waals surface area contributed by atoms with Crippen LogP contribution in [0, 0.1) is 0 Å². The number of nitrogens with two attached hydrogens (primary N) is 1. The Balaban J connectivity index is 2.77. The molecule has 0 bridgehead atoms. The van der Waals surface area contributed by atoms with Gasteiger partial charge in [0.2, 0.25) is 0 Å². The lowest BCUT2D eigenvalue weighted by Crippen LogP contribution is -2.08. The summed E-state index contributed by atoms with van der Waals surface area (Å²) in [5, 5.41) is 0. The van der Waals surface area contributed by atoms with E-state index < -0.39 is 17.0 Å². The Hall–Kier alpha value is -0.720. The molecule has 0 fully saturated rings. The third-order valence-corrected chi connectivity index (χ3v) is 2.99. The van der Waals surface area contributed by atoms with Crippen LogP contribution in [-0.2, 0) is 16.8 Å². The van der Waals surface area contributed by atoms with Crippen LogP contribution in [-0.4, -0.2) is 14.7 Å². The van der Waals surface area contributed by atoms with Gasteiger partial charge >= 0.3 is 0 Å². The van der Waals surface area contributed by atoms with Gasteiger partial charge in [-0.15, -0.1) is 11.3 Å². The lowest BCUT2D eigenvalue weighted by atomic mass is 10.4. The Morgan fingerprint density at radius 3 is 2.75 bits per heavy atom. The van der Waals surface area contributed by atoms with E-state index in [4.69, 9.17) is 5.73 Å². The Kier molecular flexibility index (Phi) is 2.96. The number of hydrogen-bond acceptors (Lipinski definition) is 4. The standard InChI is InChI=1S/C6H7NO3S2/c7-6(8)5-2-1-4(11-5)3-12(9)10/h1-2H,3H2,(H2,7,8)(H,9,10)/p-1. The highest BCUT2D eigenvalue weighted by molar-refractivity contribution is 7.78. The molecule has 1 amide bonds. The molecule has 0 saturated heterocycles. The summed E-state index contributed by atoms with van der Waals surface area (Å²) in [7, 11) is 0. The van der Waals surface area contributed by atoms with E-state index in [1.807, 2.05) is 0 Å². The Bertz CT molecular complexity index is 320. The zero-order valence-corrected chi connectivity index (χ0v) is 7.61. The number of amides is 1. The summed E-state index contributed by atoms with van der Waals surface area (Å²) in [5.74, 6) is -0.583. The fraction of sp³-hybridized carbons (Fsp3) is 0.167. The van der Waals surface area contributed by atoms with Crippen LogP contribution >= 0.6 is 11.3 Å². The van der Waals surface area contributed by atoms with Crippen molar-refractivity contribution in [1.82, 2.24) is 0 Å². The zero-order valence-electron chi connectivity index (χ0n) is 5.98. The molecule has 4 nitrogen and oxygen atoms in total. The zero-order chi connectivity index (χ0) is 9.14. The van der Waals surface area contributed by atoms with Gasteiger partial charge in [0, 0.05) is 10.6 Å². The van der Waals surface area contributed by atoms with E-state index in [0.29, 0.717) is 9.75 Å². The second kappa shape index (κ2) is 3.79. The SMILES string of the molecule is NC(=O)c1ccc(CS(=O)[O-])s1. The van der Waals surface area contributed by atoms with Crippen molar-refractivity contribution in [2.75, 3.05) is 0 Å². The molecule has 0 aliphatic rings. The molecule has 0 aliphatic carbocycles. The Morgan fingerprint density at radius 2 is 2.33 bits per heavy atom. The van der Waals surface area contributed by atoms with Crippen molar-refractivity contribution in [3.63, 3.8) is 0 Å². The van der Waals surface area contributed by atoms with Gasteiger partial charge in [0.25, 0.3) is 5.91 Å². The largest absolute Gasteiger partial charge is 0.772 e. The highest BCUT2D eigenvalue weighted by Crippen LogP contribution is 2.16. The highest BCUT2D eigenvalue weighted by atomic mass is 32.2. The van der Waals surface area contributed by atoms with Crippen LogP contribution in [0.15, 0.2) is 12.1 Å². The molecule has 66 valence electrons. The summed E-state index contributed by atoms with van der Waals surface area (Å²) in [5.41, 5.74) is 4.98. The number of carbonyl (C=O) groups excluding carboxylic acids is 1. The van der Waals surface area contributed by atoms with Crippen LogP contribution in [0.3, 0.4) is 0 Å². The lowest BCUT2D eigenvalue weighted by Gasteiger charge is -1.99. The maximum absolute atomic E-state index is 10.6. The van der Waals surface area contributed by atoms with E-state index >= 15 is 0 Å². The fourth-order valence-corrected chi connectivity index (χ4v) is 2.21. The summed E-state index contributed by atoms with van der Waals surface area (Å²) >= 11 is -1.01. The van der Waals surface area contributed by atoms with E-state index in [0.717, 1.165) is 11.3 Å². The fourth-order valence-electron chi connectivity index (χ4n) is 0.704. The molecule has 1 unspecified atom stereocenters. The number of primary amides is 1. The third kappa shape index (κ3) is 2.40. The van der Waals surface area contributed by atoms with Gasteiger partial charge in [-0.25, -0.2) is 0 Å². The van der Waals surface area contributed by atoms with E-state index in [-0.39, 0.29) is 5.75 Å². The first kappa shape index (κ1) is 9.37. The molecular formula is C6H6NO3S2-. The Labute approximate surface area is 75.7 Å². The summed E-state index contributed by atoms with van der Waals surface area (Å²) in [4.78, 5) is 11.6. The molecule has 12 heavy (non-hydrogen) atoms. The first-order chi connectivity index (χ1) is 5.59. The van der Waals surface area contributed by atoms with Gasteiger partial charge in [0.15, 0.2) is 0 Å². The average Bonchev–Trinajstić information content (AvgIpc) is 2.34. The van der Waals surface area contributed by atoms with Crippen LogP contribution in [0.4, 0.5) is 0 Å². The maximum atomic E-state index is 10.6. The topological polar surface area (TPSA) is 83.2 Å². The average molecular weight is 204 g/mol. The van der Waals surface area contributed by atoms with E-state index in [1.165, 1.54) is 6.07 Å². The number of rotatable bonds is 3. The van der Waals surface area contributed by atoms with Crippen molar-refractivity contribution in [2.45, 2.75) is 5.75 Å². The van der Waals surface area contributed by atoms with Crippen LogP contribution in [0.2, 0.25) is 0 Å². The molecule has 1 aromatic rings. The minimum absolute atomic E-state index is 0.0576. The van der Waals surface area contributed by atoms with Crippen molar-refractivity contribution in [2.24, 2.45) is 5.73 Å². The van der Waals surface area contributed by atoms with Crippen molar-refractivity contribution < 1.29 is 13.6 Å². The number of thiophene rings is 1. The van der Waals surface area contributed by atoms with Gasteiger partial charge < -0.3 is 10.3 Å². The molecule has 2 N–H and O–H groups in total. The van der Waals surface area contributed by atoms with Crippen molar-refractivity contribution >= 4 is 28.3 Å². The predicted molar refractivity (Wildman–Crippen MR) is 45.5 cm³/mol. The predicted octanol–water partition coefficient (Wildman–Crippen LogP) is 0.226. The molecule has 1 rings (SSSR count). The molecule has 0 aliphatic heterocycles. The van der Waals surface area contributed by atoms with Crippen LogP contribution < -0.4 is 5.73 Å². The summed E-state index contributed by atoms with van der Waals surface area (Å²) in [6.45, 7) is 0. The maximum Gasteiger partial charge on any atom is 0.258 e. The molecule has 1 heterocycles. The number of hydrogen-bond donors (Lipinski definition) is 1. The molecule has 1 atom stereocenters. The first-order valence-corrected chi connectivity index (χ1v) is 5.10. The molecule has 0 saturated carbocycles. The molecule has 0 aromatic carbocycles. The normalized spacial score (nSPS) is 12.8. The van der Waals surface area contributed by atoms with Gasteiger partial charge in [-0.1, -0.05) is 0 Å². The molecular weight excluding hydrogens is 198 g/mol. The van der Waals surface area contributed by atoms with Crippen molar-refractivity contribution in [1.29, 1.82) is 0 Å². The number of carbonyl (C=O) groups is 1. The minimum atomic E-state index is -2.11. The van der Waals surface area contributed by atoms with Crippen LogP contribution in [0.5, 0.6) is 0 Å². The molecule has 6 heteroatoms. The smallest absolute Gasteiger partial charge is 0.258 e. The second-order valence-electron chi connectivity index (χ2n) is 2.08. The summed E-state index contributed by atoms with van der Waals surface area (Å²) in [6.07, 6.45) is 0. The van der Waals surface area contributed by atoms with E-state index in [9.17, 15) is 13.6 Å². The van der Waals surface area contributed by atoms with E-state index in [2.05, 4.69) is 0 Å². The Morgan fingerprint density at radius 1 is 1.67 bits per heavy atom. The lowest BCUT2D eigenvalue weighted by molar-refractivity contribution is 0.100. The van der Waals surface area contributed by atoms with Crippen molar-refractivity contribution in [3.05, 3.63) is 21.9 Å². The molecule has 0 radical (unpaired) electrons. The quantitative estimate of drug-likeness (QED) is 0.715. The van der Waals surface area contributed by atoms with Gasteiger partial charge in [-0.2, -0.15) is 0 Å². The monoisotopic (exact) mass is 204 g/mol. The summed E-state index contributed by atoms with van der Waals surface area (Å²) in [6, 6.07) is 3.11. The van der Waals surface area contributed by atoms with Gasteiger partial charge in [-0.3, -0.25) is 9.00 Å². The van der Waals surface area contributed by atoms with Gasteiger partial charge in [0.05, 0.1) is 4.88 Å². The van der Waals surface area contributed by atoms with Gasteiger partial charge in [0.1, 0.15) is 0 Å². The van der Waals surface area contributed by atoms with Crippen LogP contribution in [0.1, 0.15) is 14.5 Å². The second-order valence-corrected chi connectivity index (χ2v) is 4.14.